The second-order valence-corrected chi connectivity index (χ2v) is 5.35. The van der Waals surface area contributed by atoms with Crippen LogP contribution >= 0.6 is 11.6 Å². The Morgan fingerprint density at radius 1 is 1.50 bits per heavy atom. The fourth-order valence-electron chi connectivity index (χ4n) is 2.13. The van der Waals surface area contributed by atoms with Gasteiger partial charge in [-0.15, -0.1) is 0 Å². The van der Waals surface area contributed by atoms with Gasteiger partial charge in [0.1, 0.15) is 0 Å². The standard InChI is InChI=1S/C14H18ClNO2/c1-10-8-12(15)3-2-11(10)9-16(13-4-5-13)7-6-14(17)18/h2-3,8,13H,4-7,9H2,1H3,(H,17,18). The van der Waals surface area contributed by atoms with Gasteiger partial charge in [-0.2, -0.15) is 0 Å². The zero-order valence-corrected chi connectivity index (χ0v) is 11.3. The summed E-state index contributed by atoms with van der Waals surface area (Å²) in [5.41, 5.74) is 2.40. The first kappa shape index (κ1) is 13.4. The van der Waals surface area contributed by atoms with Crippen LogP contribution in [0.3, 0.4) is 0 Å². The molecule has 1 aromatic carbocycles. The molecular weight excluding hydrogens is 250 g/mol. The molecule has 1 aliphatic rings. The molecule has 2 rings (SSSR count). The summed E-state index contributed by atoms with van der Waals surface area (Å²) in [5, 5.41) is 9.53. The van der Waals surface area contributed by atoms with E-state index in [4.69, 9.17) is 16.7 Å². The van der Waals surface area contributed by atoms with Crippen LogP contribution < -0.4 is 0 Å². The minimum Gasteiger partial charge on any atom is -0.481 e. The van der Waals surface area contributed by atoms with E-state index in [-0.39, 0.29) is 6.42 Å². The van der Waals surface area contributed by atoms with Gasteiger partial charge in [0.05, 0.1) is 6.42 Å². The van der Waals surface area contributed by atoms with Crippen LogP contribution in [0.4, 0.5) is 0 Å². The van der Waals surface area contributed by atoms with Gasteiger partial charge in [-0.3, -0.25) is 9.69 Å². The first-order valence-corrected chi connectivity index (χ1v) is 6.65. The highest BCUT2D eigenvalue weighted by Gasteiger charge is 2.29. The van der Waals surface area contributed by atoms with E-state index < -0.39 is 5.97 Å². The highest BCUT2D eigenvalue weighted by atomic mass is 35.5. The van der Waals surface area contributed by atoms with Crippen molar-refractivity contribution in [2.75, 3.05) is 6.54 Å². The number of nitrogens with zero attached hydrogens (tertiary/aromatic N) is 1. The Labute approximate surface area is 112 Å². The lowest BCUT2D eigenvalue weighted by Gasteiger charge is -2.22. The van der Waals surface area contributed by atoms with E-state index in [9.17, 15) is 4.79 Å². The maximum Gasteiger partial charge on any atom is 0.304 e. The van der Waals surface area contributed by atoms with Crippen LogP contribution in [0.1, 0.15) is 30.4 Å². The molecule has 1 aliphatic carbocycles. The number of hydrogen-bond acceptors (Lipinski definition) is 2. The number of benzene rings is 1. The van der Waals surface area contributed by atoms with Gasteiger partial charge < -0.3 is 5.11 Å². The molecule has 0 bridgehead atoms. The molecule has 4 heteroatoms. The summed E-state index contributed by atoms with van der Waals surface area (Å²) in [5.74, 6) is -0.728. The van der Waals surface area contributed by atoms with E-state index >= 15 is 0 Å². The number of halogens is 1. The Balaban J connectivity index is 2.01. The van der Waals surface area contributed by atoms with Gasteiger partial charge in [-0.1, -0.05) is 17.7 Å². The lowest BCUT2D eigenvalue weighted by atomic mass is 10.1. The predicted octanol–water partition coefficient (Wildman–Crippen LogP) is 3.09. The second-order valence-electron chi connectivity index (χ2n) is 4.92. The number of hydrogen-bond donors (Lipinski definition) is 1. The summed E-state index contributed by atoms with van der Waals surface area (Å²) < 4.78 is 0. The molecule has 0 unspecified atom stereocenters. The number of aryl methyl sites for hydroxylation is 1. The maximum atomic E-state index is 10.7. The molecule has 0 aromatic heterocycles. The molecule has 1 fully saturated rings. The van der Waals surface area contributed by atoms with Crippen molar-refractivity contribution in [1.82, 2.24) is 4.90 Å². The van der Waals surface area contributed by atoms with Crippen LogP contribution in [0.5, 0.6) is 0 Å². The lowest BCUT2D eigenvalue weighted by Crippen LogP contribution is -2.28. The molecule has 0 radical (unpaired) electrons. The van der Waals surface area contributed by atoms with Crippen molar-refractivity contribution >= 4 is 17.6 Å². The summed E-state index contributed by atoms with van der Waals surface area (Å²) in [4.78, 5) is 12.9. The summed E-state index contributed by atoms with van der Waals surface area (Å²) in [6.45, 7) is 3.49. The van der Waals surface area contributed by atoms with E-state index in [1.54, 1.807) is 0 Å². The number of carbonyl (C=O) groups is 1. The molecule has 18 heavy (non-hydrogen) atoms. The Morgan fingerprint density at radius 2 is 2.22 bits per heavy atom. The summed E-state index contributed by atoms with van der Waals surface area (Å²) >= 11 is 5.94. The van der Waals surface area contributed by atoms with Gasteiger partial charge in [0.2, 0.25) is 0 Å². The first-order chi connectivity index (χ1) is 8.56. The highest BCUT2D eigenvalue weighted by Crippen LogP contribution is 2.29. The fraction of sp³-hybridized carbons (Fsp3) is 0.500. The molecule has 0 aliphatic heterocycles. The van der Waals surface area contributed by atoms with Crippen molar-refractivity contribution in [1.29, 1.82) is 0 Å². The molecule has 0 saturated heterocycles. The topological polar surface area (TPSA) is 40.5 Å². The van der Waals surface area contributed by atoms with E-state index in [1.807, 2.05) is 25.1 Å². The minimum absolute atomic E-state index is 0.211. The van der Waals surface area contributed by atoms with Crippen LogP contribution in [0.15, 0.2) is 18.2 Å². The van der Waals surface area contributed by atoms with E-state index in [0.717, 1.165) is 11.6 Å². The molecule has 1 N–H and O–H groups in total. The maximum absolute atomic E-state index is 10.7. The van der Waals surface area contributed by atoms with Gasteiger partial charge >= 0.3 is 5.97 Å². The van der Waals surface area contributed by atoms with Crippen LogP contribution in [-0.2, 0) is 11.3 Å². The first-order valence-electron chi connectivity index (χ1n) is 6.27. The van der Waals surface area contributed by atoms with Gasteiger partial charge in [0, 0.05) is 24.2 Å². The highest BCUT2D eigenvalue weighted by molar-refractivity contribution is 6.30. The van der Waals surface area contributed by atoms with Crippen molar-refractivity contribution in [2.24, 2.45) is 0 Å². The Kier molecular flexibility index (Phi) is 4.25. The third-order valence-electron chi connectivity index (χ3n) is 3.35. The predicted molar refractivity (Wildman–Crippen MR) is 71.9 cm³/mol. The van der Waals surface area contributed by atoms with Gasteiger partial charge in [0.25, 0.3) is 0 Å². The molecule has 0 atom stereocenters. The summed E-state index contributed by atoms with van der Waals surface area (Å²) in [7, 11) is 0. The van der Waals surface area contributed by atoms with E-state index in [1.165, 1.54) is 24.0 Å². The molecule has 0 heterocycles. The van der Waals surface area contributed by atoms with Gasteiger partial charge in [-0.25, -0.2) is 0 Å². The normalized spacial score (nSPS) is 15.1. The SMILES string of the molecule is Cc1cc(Cl)ccc1CN(CCC(=O)O)C1CC1. The van der Waals surface area contributed by atoms with Gasteiger partial charge in [-0.05, 0) is 43.0 Å². The number of carboxylic acids is 1. The van der Waals surface area contributed by atoms with E-state index in [2.05, 4.69) is 4.90 Å². The number of carboxylic acid groups (broad SMARTS) is 1. The molecule has 3 nitrogen and oxygen atoms in total. The third kappa shape index (κ3) is 3.72. The van der Waals surface area contributed by atoms with Crippen molar-refractivity contribution in [3.63, 3.8) is 0 Å². The average Bonchev–Trinajstić information content (AvgIpc) is 3.10. The van der Waals surface area contributed by atoms with Crippen molar-refractivity contribution in [3.05, 3.63) is 34.3 Å². The van der Waals surface area contributed by atoms with Crippen LogP contribution in [0.2, 0.25) is 5.02 Å². The lowest BCUT2D eigenvalue weighted by molar-refractivity contribution is -0.137. The quantitative estimate of drug-likeness (QED) is 0.861. The van der Waals surface area contributed by atoms with Crippen LogP contribution in [0, 0.1) is 6.92 Å². The third-order valence-corrected chi connectivity index (χ3v) is 3.59. The minimum atomic E-state index is -0.728. The van der Waals surface area contributed by atoms with Crippen LogP contribution in [0.25, 0.3) is 0 Å². The zero-order chi connectivity index (χ0) is 13.1. The summed E-state index contributed by atoms with van der Waals surface area (Å²) in [6.07, 6.45) is 2.58. The number of aliphatic carboxylic acids is 1. The molecule has 0 spiro atoms. The Bertz CT molecular complexity index is 443. The average molecular weight is 268 g/mol. The molecular formula is C14H18ClNO2. The Hall–Kier alpha value is -1.06. The number of rotatable bonds is 6. The monoisotopic (exact) mass is 267 g/mol. The summed E-state index contributed by atoms with van der Waals surface area (Å²) in [6, 6.07) is 6.46. The fourth-order valence-corrected chi connectivity index (χ4v) is 2.35. The molecule has 0 amide bonds. The van der Waals surface area contributed by atoms with E-state index in [0.29, 0.717) is 12.6 Å². The Morgan fingerprint density at radius 3 is 2.78 bits per heavy atom. The largest absolute Gasteiger partial charge is 0.481 e. The second kappa shape index (κ2) is 5.72. The van der Waals surface area contributed by atoms with Gasteiger partial charge in [0.15, 0.2) is 0 Å². The van der Waals surface area contributed by atoms with Crippen molar-refractivity contribution < 1.29 is 9.90 Å². The molecule has 1 aromatic rings. The van der Waals surface area contributed by atoms with Crippen molar-refractivity contribution in [2.45, 2.75) is 38.8 Å². The molecule has 98 valence electrons. The smallest absolute Gasteiger partial charge is 0.304 e. The molecule has 1 saturated carbocycles. The van der Waals surface area contributed by atoms with Crippen molar-refractivity contribution in [3.8, 4) is 0 Å². The van der Waals surface area contributed by atoms with Crippen LogP contribution in [-0.4, -0.2) is 28.6 Å². The zero-order valence-electron chi connectivity index (χ0n) is 10.5.